The standard InChI is InChI=1S/C20H26N4/c1-16-18(12-20(13-21)23(16)2)14-22-19-8-10-24(11-9-19)15-17-6-4-3-5-7-17/h3-7,12,19,22H,8-11,14-15H2,1-2H3. The molecule has 1 N–H and O–H groups in total. The lowest BCUT2D eigenvalue weighted by Crippen LogP contribution is -2.41. The summed E-state index contributed by atoms with van der Waals surface area (Å²) in [5.74, 6) is 0. The highest BCUT2D eigenvalue weighted by molar-refractivity contribution is 5.34. The Morgan fingerprint density at radius 1 is 1.21 bits per heavy atom. The van der Waals surface area contributed by atoms with Gasteiger partial charge in [-0.15, -0.1) is 0 Å². The minimum Gasteiger partial charge on any atom is -0.340 e. The van der Waals surface area contributed by atoms with Gasteiger partial charge in [0.1, 0.15) is 11.8 Å². The highest BCUT2D eigenvalue weighted by Gasteiger charge is 2.19. The summed E-state index contributed by atoms with van der Waals surface area (Å²) in [6.07, 6.45) is 2.37. The van der Waals surface area contributed by atoms with Crippen molar-refractivity contribution in [1.82, 2.24) is 14.8 Å². The van der Waals surface area contributed by atoms with Crippen LogP contribution >= 0.6 is 0 Å². The van der Waals surface area contributed by atoms with Crippen molar-refractivity contribution in [2.45, 2.75) is 38.9 Å². The summed E-state index contributed by atoms with van der Waals surface area (Å²) < 4.78 is 1.97. The Kier molecular flexibility index (Phi) is 5.34. The van der Waals surface area contributed by atoms with Crippen LogP contribution in [0.1, 0.15) is 35.4 Å². The van der Waals surface area contributed by atoms with E-state index in [1.54, 1.807) is 0 Å². The molecule has 1 aliphatic rings. The van der Waals surface area contributed by atoms with E-state index >= 15 is 0 Å². The van der Waals surface area contributed by atoms with Crippen LogP contribution in [0.25, 0.3) is 0 Å². The summed E-state index contributed by atoms with van der Waals surface area (Å²) in [5, 5.41) is 12.8. The summed E-state index contributed by atoms with van der Waals surface area (Å²) in [4.78, 5) is 2.54. The second kappa shape index (κ2) is 7.65. The maximum Gasteiger partial charge on any atom is 0.120 e. The lowest BCUT2D eigenvalue weighted by Gasteiger charge is -2.32. The number of nitriles is 1. The third-order valence-corrected chi connectivity index (χ3v) is 5.17. The molecule has 0 spiro atoms. The number of nitrogens with one attached hydrogen (secondary N) is 1. The number of nitrogens with zero attached hydrogens (tertiary/aromatic N) is 3. The van der Waals surface area contributed by atoms with E-state index in [0.717, 1.165) is 31.9 Å². The normalized spacial score (nSPS) is 16.2. The number of aromatic nitrogens is 1. The topological polar surface area (TPSA) is 44.0 Å². The maximum absolute atomic E-state index is 9.13. The van der Waals surface area contributed by atoms with Crippen molar-refractivity contribution >= 4 is 0 Å². The second-order valence-corrected chi connectivity index (χ2v) is 6.73. The summed E-state index contributed by atoms with van der Waals surface area (Å²) >= 11 is 0. The van der Waals surface area contributed by atoms with Gasteiger partial charge >= 0.3 is 0 Å². The molecule has 0 unspecified atom stereocenters. The molecule has 0 aliphatic carbocycles. The van der Waals surface area contributed by atoms with Crippen molar-refractivity contribution in [3.8, 4) is 6.07 Å². The summed E-state index contributed by atoms with van der Waals surface area (Å²) in [7, 11) is 1.96. The van der Waals surface area contributed by atoms with Crippen LogP contribution in [-0.4, -0.2) is 28.6 Å². The number of hydrogen-bond donors (Lipinski definition) is 1. The van der Waals surface area contributed by atoms with Crippen LogP contribution in [0.3, 0.4) is 0 Å². The zero-order valence-electron chi connectivity index (χ0n) is 14.6. The quantitative estimate of drug-likeness (QED) is 0.920. The van der Waals surface area contributed by atoms with Gasteiger partial charge in [-0.25, -0.2) is 0 Å². The SMILES string of the molecule is Cc1c(CNC2CCN(Cc3ccccc3)CC2)cc(C#N)n1C. The lowest BCUT2D eigenvalue weighted by molar-refractivity contribution is 0.190. The molecule has 0 saturated carbocycles. The first kappa shape index (κ1) is 16.8. The van der Waals surface area contributed by atoms with Crippen molar-refractivity contribution in [1.29, 1.82) is 5.26 Å². The molecule has 1 saturated heterocycles. The number of hydrogen-bond acceptors (Lipinski definition) is 3. The molecule has 0 amide bonds. The highest BCUT2D eigenvalue weighted by atomic mass is 15.1. The molecule has 2 heterocycles. The molecule has 1 fully saturated rings. The van der Waals surface area contributed by atoms with Crippen molar-refractivity contribution in [2.24, 2.45) is 7.05 Å². The third kappa shape index (κ3) is 3.87. The van der Waals surface area contributed by atoms with E-state index < -0.39 is 0 Å². The van der Waals surface area contributed by atoms with Gasteiger partial charge in [-0.3, -0.25) is 4.90 Å². The molecule has 1 aromatic heterocycles. The van der Waals surface area contributed by atoms with Crippen molar-refractivity contribution in [3.63, 3.8) is 0 Å². The van der Waals surface area contributed by atoms with Gasteiger partial charge in [0, 0.05) is 31.9 Å². The molecule has 24 heavy (non-hydrogen) atoms. The van der Waals surface area contributed by atoms with Gasteiger partial charge in [0.05, 0.1) is 0 Å². The minimum absolute atomic E-state index is 0.571. The number of benzene rings is 1. The fraction of sp³-hybridized carbons (Fsp3) is 0.450. The van der Waals surface area contributed by atoms with E-state index in [1.165, 1.54) is 29.7 Å². The first-order valence-corrected chi connectivity index (χ1v) is 8.72. The average Bonchev–Trinajstić information content (AvgIpc) is 2.90. The van der Waals surface area contributed by atoms with Gasteiger partial charge in [0.2, 0.25) is 0 Å². The van der Waals surface area contributed by atoms with E-state index in [4.69, 9.17) is 5.26 Å². The maximum atomic E-state index is 9.13. The molecule has 0 radical (unpaired) electrons. The van der Waals surface area contributed by atoms with E-state index in [9.17, 15) is 0 Å². The Morgan fingerprint density at radius 2 is 1.92 bits per heavy atom. The first-order valence-electron chi connectivity index (χ1n) is 8.72. The molecule has 2 aromatic rings. The Bertz CT molecular complexity index is 703. The molecule has 1 aromatic carbocycles. The largest absolute Gasteiger partial charge is 0.340 e. The Hall–Kier alpha value is -2.09. The smallest absolute Gasteiger partial charge is 0.120 e. The summed E-state index contributed by atoms with van der Waals surface area (Å²) in [6.45, 7) is 6.27. The molecular formula is C20H26N4. The predicted molar refractivity (Wildman–Crippen MR) is 96.4 cm³/mol. The number of rotatable bonds is 5. The van der Waals surface area contributed by atoms with Crippen molar-refractivity contribution in [3.05, 3.63) is 58.9 Å². The zero-order valence-corrected chi connectivity index (χ0v) is 14.6. The molecule has 0 atom stereocenters. The molecular weight excluding hydrogens is 296 g/mol. The van der Waals surface area contributed by atoms with Crippen molar-refractivity contribution < 1.29 is 0 Å². The molecule has 3 rings (SSSR count). The van der Waals surface area contributed by atoms with Gasteiger partial charge in [0.25, 0.3) is 0 Å². The minimum atomic E-state index is 0.571. The van der Waals surface area contributed by atoms with E-state index in [2.05, 4.69) is 53.5 Å². The fourth-order valence-electron chi connectivity index (χ4n) is 3.44. The monoisotopic (exact) mass is 322 g/mol. The van der Waals surface area contributed by atoms with Crippen LogP contribution in [0, 0.1) is 18.3 Å². The first-order chi connectivity index (χ1) is 11.7. The molecule has 4 heteroatoms. The Labute approximate surface area is 144 Å². The van der Waals surface area contributed by atoms with Crippen LogP contribution in [0.2, 0.25) is 0 Å². The second-order valence-electron chi connectivity index (χ2n) is 6.73. The van der Waals surface area contributed by atoms with Crippen LogP contribution in [0.5, 0.6) is 0 Å². The predicted octanol–water partition coefficient (Wildman–Crippen LogP) is 2.96. The highest BCUT2D eigenvalue weighted by Crippen LogP contribution is 2.17. The van der Waals surface area contributed by atoms with Crippen LogP contribution in [0.15, 0.2) is 36.4 Å². The molecule has 1 aliphatic heterocycles. The van der Waals surface area contributed by atoms with Gasteiger partial charge < -0.3 is 9.88 Å². The van der Waals surface area contributed by atoms with Crippen molar-refractivity contribution in [2.75, 3.05) is 13.1 Å². The van der Waals surface area contributed by atoms with E-state index in [0.29, 0.717) is 6.04 Å². The fourth-order valence-corrected chi connectivity index (χ4v) is 3.44. The van der Waals surface area contributed by atoms with Crippen LogP contribution in [-0.2, 0) is 20.1 Å². The molecule has 126 valence electrons. The van der Waals surface area contributed by atoms with Crippen LogP contribution in [0.4, 0.5) is 0 Å². The number of likely N-dealkylation sites (tertiary alicyclic amines) is 1. The lowest BCUT2D eigenvalue weighted by atomic mass is 10.0. The van der Waals surface area contributed by atoms with E-state index in [-0.39, 0.29) is 0 Å². The van der Waals surface area contributed by atoms with Crippen LogP contribution < -0.4 is 5.32 Å². The summed E-state index contributed by atoms with van der Waals surface area (Å²) in [5.41, 5.74) is 4.55. The van der Waals surface area contributed by atoms with E-state index in [1.807, 2.05) is 17.7 Å². The molecule has 0 bridgehead atoms. The Balaban J connectivity index is 1.47. The average molecular weight is 322 g/mol. The van der Waals surface area contributed by atoms with Gasteiger partial charge in [-0.05, 0) is 50.0 Å². The zero-order chi connectivity index (χ0) is 16.9. The Morgan fingerprint density at radius 3 is 2.54 bits per heavy atom. The third-order valence-electron chi connectivity index (χ3n) is 5.17. The van der Waals surface area contributed by atoms with Gasteiger partial charge in [-0.1, -0.05) is 30.3 Å². The van der Waals surface area contributed by atoms with Gasteiger partial charge in [0.15, 0.2) is 0 Å². The molecule has 4 nitrogen and oxygen atoms in total. The summed E-state index contributed by atoms with van der Waals surface area (Å²) in [6, 6.07) is 15.5. The number of piperidine rings is 1. The van der Waals surface area contributed by atoms with Gasteiger partial charge in [-0.2, -0.15) is 5.26 Å².